The number of nitrogens with zero attached hydrogens (tertiary/aromatic N) is 2. The van der Waals surface area contributed by atoms with Crippen LogP contribution in [0.5, 0.6) is 0 Å². The summed E-state index contributed by atoms with van der Waals surface area (Å²) in [7, 11) is 2.07. The van der Waals surface area contributed by atoms with Crippen molar-refractivity contribution < 1.29 is 0 Å². The van der Waals surface area contributed by atoms with Gasteiger partial charge >= 0.3 is 0 Å². The molecule has 1 N–H and O–H groups in total. The molecule has 18 heavy (non-hydrogen) atoms. The van der Waals surface area contributed by atoms with Crippen LogP contribution >= 0.6 is 0 Å². The average molecular weight is 249 g/mol. The van der Waals surface area contributed by atoms with Crippen LogP contribution in [0.1, 0.15) is 57.0 Å². The maximum absolute atomic E-state index is 4.50. The Morgan fingerprint density at radius 2 is 2.28 bits per heavy atom. The van der Waals surface area contributed by atoms with E-state index in [2.05, 4.69) is 49.0 Å². The monoisotopic (exact) mass is 249 g/mol. The normalized spacial score (nSPS) is 26.2. The minimum Gasteiger partial charge on any atom is -0.309 e. The Morgan fingerprint density at radius 1 is 1.50 bits per heavy atom. The van der Waals surface area contributed by atoms with Gasteiger partial charge in [0.1, 0.15) is 0 Å². The molecule has 3 heteroatoms. The second kappa shape index (κ2) is 5.87. The van der Waals surface area contributed by atoms with E-state index in [1.165, 1.54) is 31.4 Å². The molecule has 1 aliphatic rings. The van der Waals surface area contributed by atoms with Gasteiger partial charge in [-0.3, -0.25) is 4.68 Å². The highest BCUT2D eigenvalue weighted by molar-refractivity contribution is 5.14. The molecule has 1 aromatic heterocycles. The second-order valence-corrected chi connectivity index (χ2v) is 5.90. The van der Waals surface area contributed by atoms with Crippen LogP contribution in [0.15, 0.2) is 6.07 Å². The molecule has 0 saturated heterocycles. The molecule has 3 nitrogen and oxygen atoms in total. The number of aromatic nitrogens is 2. The van der Waals surface area contributed by atoms with E-state index in [4.69, 9.17) is 0 Å². The van der Waals surface area contributed by atoms with Gasteiger partial charge in [0, 0.05) is 7.05 Å². The summed E-state index contributed by atoms with van der Waals surface area (Å²) in [5.41, 5.74) is 2.48. The number of nitrogens with one attached hydrogen (secondary N) is 1. The summed E-state index contributed by atoms with van der Waals surface area (Å²) in [6, 6.07) is 2.72. The van der Waals surface area contributed by atoms with Crippen LogP contribution in [-0.2, 0) is 7.05 Å². The van der Waals surface area contributed by atoms with Crippen molar-refractivity contribution in [2.24, 2.45) is 18.9 Å². The van der Waals surface area contributed by atoms with Gasteiger partial charge in [-0.15, -0.1) is 0 Å². The Bertz CT molecular complexity index is 383. The largest absolute Gasteiger partial charge is 0.309 e. The number of hydrogen-bond acceptors (Lipinski definition) is 2. The van der Waals surface area contributed by atoms with E-state index in [1.807, 2.05) is 0 Å². The predicted molar refractivity (Wildman–Crippen MR) is 75.5 cm³/mol. The Hall–Kier alpha value is -0.830. The third-order valence-electron chi connectivity index (χ3n) is 4.23. The highest BCUT2D eigenvalue weighted by atomic mass is 15.3. The zero-order chi connectivity index (χ0) is 13.1. The van der Waals surface area contributed by atoms with Crippen LogP contribution < -0.4 is 5.32 Å². The molecule has 0 spiro atoms. The lowest BCUT2D eigenvalue weighted by Gasteiger charge is -2.33. The Morgan fingerprint density at radius 3 is 2.83 bits per heavy atom. The summed E-state index contributed by atoms with van der Waals surface area (Å²) in [5, 5.41) is 8.19. The molecule has 3 atom stereocenters. The summed E-state index contributed by atoms with van der Waals surface area (Å²) < 4.78 is 2.06. The molecule has 1 aliphatic carbocycles. The number of rotatable bonds is 4. The molecule has 0 aromatic carbocycles. The third-order valence-corrected chi connectivity index (χ3v) is 4.23. The molecular formula is C15H27N3. The molecule has 0 amide bonds. The van der Waals surface area contributed by atoms with Crippen molar-refractivity contribution in [3.8, 4) is 0 Å². The molecule has 3 unspecified atom stereocenters. The average Bonchev–Trinajstić information content (AvgIpc) is 2.65. The SMILES string of the molecule is CCNC(c1cc(C)nn1C)C1CCCC(C)C1. The molecule has 1 heterocycles. The molecular weight excluding hydrogens is 222 g/mol. The van der Waals surface area contributed by atoms with E-state index < -0.39 is 0 Å². The molecule has 0 radical (unpaired) electrons. The highest BCUT2D eigenvalue weighted by Crippen LogP contribution is 2.37. The number of aryl methyl sites for hydroxylation is 2. The summed E-state index contributed by atoms with van der Waals surface area (Å²) in [6.07, 6.45) is 5.48. The Balaban J connectivity index is 2.19. The molecule has 1 aromatic rings. The summed E-state index contributed by atoms with van der Waals surface area (Å²) in [5.74, 6) is 1.64. The van der Waals surface area contributed by atoms with Gasteiger partial charge in [0.25, 0.3) is 0 Å². The highest BCUT2D eigenvalue weighted by Gasteiger charge is 2.29. The van der Waals surface area contributed by atoms with Gasteiger partial charge < -0.3 is 5.32 Å². The van der Waals surface area contributed by atoms with Gasteiger partial charge in [-0.05, 0) is 44.2 Å². The Kier molecular flexibility index (Phi) is 4.44. The predicted octanol–water partition coefficient (Wildman–Crippen LogP) is 3.21. The topological polar surface area (TPSA) is 29.9 Å². The van der Waals surface area contributed by atoms with Gasteiger partial charge in [-0.2, -0.15) is 5.10 Å². The van der Waals surface area contributed by atoms with E-state index in [9.17, 15) is 0 Å². The Labute approximate surface area is 111 Å². The lowest BCUT2D eigenvalue weighted by molar-refractivity contribution is 0.219. The lowest BCUT2D eigenvalue weighted by Crippen LogP contribution is -2.32. The minimum atomic E-state index is 0.476. The first kappa shape index (κ1) is 13.6. The van der Waals surface area contributed by atoms with Gasteiger partial charge in [-0.1, -0.05) is 26.7 Å². The van der Waals surface area contributed by atoms with Crippen molar-refractivity contribution in [2.45, 2.75) is 52.5 Å². The fraction of sp³-hybridized carbons (Fsp3) is 0.800. The maximum Gasteiger partial charge on any atom is 0.0597 e. The van der Waals surface area contributed by atoms with Crippen LogP contribution in [-0.4, -0.2) is 16.3 Å². The van der Waals surface area contributed by atoms with E-state index in [0.29, 0.717) is 6.04 Å². The standard InChI is InChI=1S/C15H27N3/c1-5-16-15(13-8-6-7-11(2)9-13)14-10-12(3)17-18(14)4/h10-11,13,15-16H,5-9H2,1-4H3. The number of hydrogen-bond donors (Lipinski definition) is 1. The fourth-order valence-corrected chi connectivity index (χ4v) is 3.44. The summed E-state index contributed by atoms with van der Waals surface area (Å²) >= 11 is 0. The quantitative estimate of drug-likeness (QED) is 0.888. The third kappa shape index (κ3) is 2.94. The summed E-state index contributed by atoms with van der Waals surface area (Å²) in [6.45, 7) is 7.70. The molecule has 1 saturated carbocycles. The van der Waals surface area contributed by atoms with Gasteiger partial charge in [0.05, 0.1) is 17.4 Å². The molecule has 1 fully saturated rings. The van der Waals surface area contributed by atoms with Crippen molar-refractivity contribution in [2.75, 3.05) is 6.54 Å². The molecule has 0 aliphatic heterocycles. The summed E-state index contributed by atoms with van der Waals surface area (Å²) in [4.78, 5) is 0. The van der Waals surface area contributed by atoms with E-state index in [-0.39, 0.29) is 0 Å². The van der Waals surface area contributed by atoms with Crippen molar-refractivity contribution >= 4 is 0 Å². The van der Waals surface area contributed by atoms with Crippen molar-refractivity contribution in [1.29, 1.82) is 0 Å². The first-order valence-electron chi connectivity index (χ1n) is 7.35. The van der Waals surface area contributed by atoms with Crippen LogP contribution in [0.2, 0.25) is 0 Å². The van der Waals surface area contributed by atoms with Crippen molar-refractivity contribution in [3.05, 3.63) is 17.5 Å². The molecule has 0 bridgehead atoms. The maximum atomic E-state index is 4.50. The minimum absolute atomic E-state index is 0.476. The van der Waals surface area contributed by atoms with Crippen LogP contribution in [0.25, 0.3) is 0 Å². The van der Waals surface area contributed by atoms with Crippen LogP contribution in [0, 0.1) is 18.8 Å². The lowest BCUT2D eigenvalue weighted by atomic mass is 9.77. The van der Waals surface area contributed by atoms with Crippen molar-refractivity contribution in [1.82, 2.24) is 15.1 Å². The fourth-order valence-electron chi connectivity index (χ4n) is 3.44. The first-order valence-corrected chi connectivity index (χ1v) is 7.35. The zero-order valence-corrected chi connectivity index (χ0v) is 12.2. The first-order chi connectivity index (χ1) is 8.61. The second-order valence-electron chi connectivity index (χ2n) is 5.90. The molecule has 102 valence electrons. The van der Waals surface area contributed by atoms with Gasteiger partial charge in [0.2, 0.25) is 0 Å². The van der Waals surface area contributed by atoms with Crippen LogP contribution in [0.3, 0.4) is 0 Å². The van der Waals surface area contributed by atoms with Crippen molar-refractivity contribution in [3.63, 3.8) is 0 Å². The zero-order valence-electron chi connectivity index (χ0n) is 12.2. The van der Waals surface area contributed by atoms with E-state index in [1.54, 1.807) is 0 Å². The van der Waals surface area contributed by atoms with Gasteiger partial charge in [0.15, 0.2) is 0 Å². The van der Waals surface area contributed by atoms with Crippen LogP contribution in [0.4, 0.5) is 0 Å². The smallest absolute Gasteiger partial charge is 0.0597 e. The van der Waals surface area contributed by atoms with Gasteiger partial charge in [-0.25, -0.2) is 0 Å². The molecule has 2 rings (SSSR count). The van der Waals surface area contributed by atoms with E-state index >= 15 is 0 Å². The van der Waals surface area contributed by atoms with E-state index in [0.717, 1.165) is 24.1 Å².